The van der Waals surface area contributed by atoms with Crippen molar-refractivity contribution < 1.29 is 14.3 Å². The first-order valence-electron chi connectivity index (χ1n) is 9.38. The number of azide groups is 1. The lowest BCUT2D eigenvalue weighted by atomic mass is 10.1. The number of hydrogen-bond donors (Lipinski definition) is 2. The molecule has 0 saturated heterocycles. The Morgan fingerprint density at radius 3 is 2.45 bits per heavy atom. The van der Waals surface area contributed by atoms with Gasteiger partial charge in [-0.1, -0.05) is 17.2 Å². The quantitative estimate of drug-likeness (QED) is 0.234. The number of rotatable bonds is 11. The van der Waals surface area contributed by atoms with Gasteiger partial charge in [-0.05, 0) is 53.9 Å². The highest BCUT2D eigenvalue weighted by Gasteiger charge is 2.05. The number of benzene rings is 2. The van der Waals surface area contributed by atoms with Crippen molar-refractivity contribution in [2.24, 2.45) is 21.1 Å². The van der Waals surface area contributed by atoms with E-state index in [9.17, 15) is 9.59 Å². The van der Waals surface area contributed by atoms with E-state index in [4.69, 9.17) is 16.0 Å². The minimum atomic E-state index is -0.386. The van der Waals surface area contributed by atoms with E-state index in [1.165, 1.54) is 0 Å². The minimum Gasteiger partial charge on any atom is -0.494 e. The summed E-state index contributed by atoms with van der Waals surface area (Å²) in [5.74, 6) is 0.0651. The Bertz CT molecular complexity index is 911. The Balaban J connectivity index is 0.00000480. The smallest absolute Gasteiger partial charge is 0.269 e. The first kappa shape index (κ1) is 25.6. The summed E-state index contributed by atoms with van der Waals surface area (Å²) in [4.78, 5) is 26.5. The van der Waals surface area contributed by atoms with Crippen LogP contribution in [-0.4, -0.2) is 38.1 Å². The number of amides is 2. The van der Waals surface area contributed by atoms with Crippen LogP contribution >= 0.6 is 12.4 Å². The second-order valence-corrected chi connectivity index (χ2v) is 6.16. The summed E-state index contributed by atoms with van der Waals surface area (Å²) >= 11 is 0. The molecular weight excluding hydrogens is 422 g/mol. The zero-order valence-corrected chi connectivity index (χ0v) is 17.6. The predicted molar refractivity (Wildman–Crippen MR) is 119 cm³/mol. The van der Waals surface area contributed by atoms with Gasteiger partial charge in [-0.15, -0.1) is 22.6 Å². The summed E-state index contributed by atoms with van der Waals surface area (Å²) in [6, 6.07) is 13.5. The number of hydrogen-bond acceptors (Lipinski definition) is 6. The maximum absolute atomic E-state index is 12.0. The van der Waals surface area contributed by atoms with Crippen molar-refractivity contribution in [2.45, 2.75) is 12.8 Å². The average molecular weight is 446 g/mol. The van der Waals surface area contributed by atoms with E-state index in [0.717, 1.165) is 5.56 Å². The predicted octanol–water partition coefficient (Wildman–Crippen LogP) is 3.73. The zero-order valence-electron chi connectivity index (χ0n) is 16.8. The number of carbonyl (C=O) groups is 2. The van der Waals surface area contributed by atoms with Crippen LogP contribution in [0.1, 0.15) is 22.3 Å². The molecule has 0 fully saturated rings. The number of ether oxygens (including phenoxy) is 1. The van der Waals surface area contributed by atoms with Crippen LogP contribution in [0.5, 0.6) is 5.75 Å². The normalized spacial score (nSPS) is 10.1. The fourth-order valence-corrected chi connectivity index (χ4v) is 2.36. The van der Waals surface area contributed by atoms with E-state index < -0.39 is 0 Å². The van der Waals surface area contributed by atoms with Crippen molar-refractivity contribution in [3.8, 4) is 5.75 Å². The highest BCUT2D eigenvalue weighted by Crippen LogP contribution is 2.15. The standard InChI is InChI=1S/C20H23N7O3.ClH/c21-10-12-23-20(29)16-4-6-17(7-5-16)25-26-19(28)14-15-2-8-18(9-3-15)30-13-1-11-24-27-22;/h2-9H,1,10-14,21H2,(H,23,29);1H/b26-25+;. The fraction of sp³-hybridized carbons (Fsp3) is 0.300. The highest BCUT2D eigenvalue weighted by atomic mass is 35.5. The maximum atomic E-state index is 12.0. The van der Waals surface area contributed by atoms with Gasteiger partial charge in [0.2, 0.25) is 0 Å². The summed E-state index contributed by atoms with van der Waals surface area (Å²) in [5, 5.41) is 13.7. The number of carbonyl (C=O) groups excluding carboxylic acids is 2. The molecule has 2 amide bonds. The topological polar surface area (TPSA) is 155 Å². The monoisotopic (exact) mass is 445 g/mol. The largest absolute Gasteiger partial charge is 0.494 e. The van der Waals surface area contributed by atoms with Crippen molar-refractivity contribution in [3.63, 3.8) is 0 Å². The van der Waals surface area contributed by atoms with E-state index in [0.29, 0.717) is 49.7 Å². The van der Waals surface area contributed by atoms with Gasteiger partial charge in [-0.25, -0.2) is 0 Å². The molecule has 0 radical (unpaired) electrons. The Morgan fingerprint density at radius 2 is 1.81 bits per heavy atom. The van der Waals surface area contributed by atoms with Crippen LogP contribution in [0.25, 0.3) is 10.4 Å². The molecule has 0 bridgehead atoms. The van der Waals surface area contributed by atoms with Crippen molar-refractivity contribution in [1.82, 2.24) is 5.32 Å². The molecule has 10 nitrogen and oxygen atoms in total. The number of nitrogens with zero attached hydrogens (tertiary/aromatic N) is 5. The van der Waals surface area contributed by atoms with Crippen LogP contribution in [0.15, 0.2) is 63.9 Å². The van der Waals surface area contributed by atoms with Crippen LogP contribution in [-0.2, 0) is 11.2 Å². The third-order valence-electron chi connectivity index (χ3n) is 3.85. The minimum absolute atomic E-state index is 0. The van der Waals surface area contributed by atoms with Crippen LogP contribution in [0.3, 0.4) is 0 Å². The third kappa shape index (κ3) is 9.72. The fourth-order valence-electron chi connectivity index (χ4n) is 2.36. The van der Waals surface area contributed by atoms with Crippen LogP contribution in [0, 0.1) is 0 Å². The summed E-state index contributed by atoms with van der Waals surface area (Å²) < 4.78 is 5.52. The molecule has 0 spiro atoms. The number of nitrogens with two attached hydrogens (primary N) is 1. The molecular formula is C20H24ClN7O3. The molecule has 0 unspecified atom stereocenters. The lowest BCUT2D eigenvalue weighted by molar-refractivity contribution is -0.117. The van der Waals surface area contributed by atoms with Crippen LogP contribution in [0.4, 0.5) is 5.69 Å². The Hall–Kier alpha value is -3.46. The molecule has 0 atom stereocenters. The van der Waals surface area contributed by atoms with Gasteiger partial charge in [-0.2, -0.15) is 0 Å². The van der Waals surface area contributed by atoms with Crippen molar-refractivity contribution in [2.75, 3.05) is 26.2 Å². The number of azo groups is 1. The van der Waals surface area contributed by atoms with Gasteiger partial charge >= 0.3 is 0 Å². The summed E-state index contributed by atoms with van der Waals surface area (Å²) in [6.07, 6.45) is 0.740. The first-order valence-corrected chi connectivity index (χ1v) is 9.38. The summed E-state index contributed by atoms with van der Waals surface area (Å²) in [5.41, 5.74) is 15.3. The molecule has 0 aliphatic carbocycles. The molecule has 0 aliphatic heterocycles. The lowest BCUT2D eigenvalue weighted by Crippen LogP contribution is -2.28. The zero-order chi connectivity index (χ0) is 21.6. The van der Waals surface area contributed by atoms with Gasteiger partial charge < -0.3 is 15.8 Å². The molecule has 2 aromatic carbocycles. The maximum Gasteiger partial charge on any atom is 0.269 e. The lowest BCUT2D eigenvalue weighted by Gasteiger charge is -2.05. The molecule has 0 heterocycles. The van der Waals surface area contributed by atoms with E-state index >= 15 is 0 Å². The first-order chi connectivity index (χ1) is 14.6. The Morgan fingerprint density at radius 1 is 1.10 bits per heavy atom. The van der Waals surface area contributed by atoms with Crippen LogP contribution < -0.4 is 15.8 Å². The van der Waals surface area contributed by atoms with Gasteiger partial charge in [0, 0.05) is 30.1 Å². The number of nitrogens with one attached hydrogen (secondary N) is 1. The van der Waals surface area contributed by atoms with Gasteiger partial charge in [0.1, 0.15) is 5.75 Å². The van der Waals surface area contributed by atoms with E-state index in [2.05, 4.69) is 25.6 Å². The molecule has 0 aliphatic rings. The van der Waals surface area contributed by atoms with Gasteiger partial charge in [0.05, 0.1) is 18.7 Å². The SMILES string of the molecule is Cl.[N-]=[N+]=NCCCOc1ccc(CC(=O)/N=N/c2ccc(C(=O)NCCN)cc2)cc1. The number of halogens is 1. The Kier molecular flexibility index (Phi) is 12.0. The molecule has 0 aromatic heterocycles. The third-order valence-corrected chi connectivity index (χ3v) is 3.85. The molecule has 3 N–H and O–H groups in total. The van der Waals surface area contributed by atoms with Gasteiger partial charge in [0.15, 0.2) is 0 Å². The Labute approximate surface area is 185 Å². The van der Waals surface area contributed by atoms with E-state index in [1.807, 2.05) is 0 Å². The highest BCUT2D eigenvalue weighted by molar-refractivity contribution is 5.94. The molecule has 2 rings (SSSR count). The second-order valence-electron chi connectivity index (χ2n) is 6.16. The van der Waals surface area contributed by atoms with Crippen molar-refractivity contribution in [3.05, 3.63) is 70.1 Å². The summed E-state index contributed by atoms with van der Waals surface area (Å²) in [7, 11) is 0. The van der Waals surface area contributed by atoms with Gasteiger partial charge in [0.25, 0.3) is 11.8 Å². The second kappa shape index (κ2) is 14.5. The van der Waals surface area contributed by atoms with Crippen molar-refractivity contribution >= 4 is 29.9 Å². The molecule has 164 valence electrons. The molecule has 11 heteroatoms. The molecule has 0 saturated carbocycles. The molecule has 31 heavy (non-hydrogen) atoms. The summed E-state index contributed by atoms with van der Waals surface area (Å²) in [6.45, 7) is 1.60. The molecule has 2 aromatic rings. The van der Waals surface area contributed by atoms with Crippen LogP contribution in [0.2, 0.25) is 0 Å². The van der Waals surface area contributed by atoms with E-state index in [1.54, 1.807) is 48.5 Å². The van der Waals surface area contributed by atoms with E-state index in [-0.39, 0.29) is 30.6 Å². The average Bonchev–Trinajstić information content (AvgIpc) is 2.77. The van der Waals surface area contributed by atoms with Gasteiger partial charge in [-0.3, -0.25) is 9.59 Å². The van der Waals surface area contributed by atoms with Crippen molar-refractivity contribution in [1.29, 1.82) is 0 Å².